The molecule has 1 N–H and O–H groups in total. The number of fused-ring (bicyclic) bond motifs is 2. The molecule has 3 aromatic rings. The molecule has 0 spiro atoms. The van der Waals surface area contributed by atoms with E-state index in [1.165, 1.54) is 23.1 Å². The standard InChI is InChI=1S/C28H24N2O5/c1-28(2)16-23(31)22-15-19(9-11-24(22)35-28)29-25(32)18-8-10-20-21(14-18)27(34)30(26(20)33)13-12-17-6-4-3-5-7-17/h3-11,14-15H,12-13,16H2,1-2H3,(H,29,32). The highest BCUT2D eigenvalue weighted by Crippen LogP contribution is 2.34. The molecule has 0 atom stereocenters. The smallest absolute Gasteiger partial charge is 0.261 e. The Labute approximate surface area is 202 Å². The second kappa shape index (κ2) is 8.51. The van der Waals surface area contributed by atoms with Crippen LogP contribution in [0.4, 0.5) is 5.69 Å². The molecule has 0 aliphatic carbocycles. The van der Waals surface area contributed by atoms with Crippen molar-refractivity contribution in [2.45, 2.75) is 32.3 Å². The van der Waals surface area contributed by atoms with E-state index in [1.54, 1.807) is 18.2 Å². The lowest BCUT2D eigenvalue weighted by Gasteiger charge is -2.31. The third kappa shape index (κ3) is 4.33. The highest BCUT2D eigenvalue weighted by molar-refractivity contribution is 6.22. The topological polar surface area (TPSA) is 92.8 Å². The van der Waals surface area contributed by atoms with Gasteiger partial charge < -0.3 is 10.1 Å². The Morgan fingerprint density at radius 3 is 2.43 bits per heavy atom. The summed E-state index contributed by atoms with van der Waals surface area (Å²) in [5, 5.41) is 2.77. The van der Waals surface area contributed by atoms with Crippen LogP contribution in [0.15, 0.2) is 66.7 Å². The summed E-state index contributed by atoms with van der Waals surface area (Å²) in [4.78, 5) is 52.3. The number of nitrogens with one attached hydrogen (secondary N) is 1. The number of ketones is 1. The summed E-state index contributed by atoms with van der Waals surface area (Å²) in [5.41, 5.74) is 2.07. The second-order valence-electron chi connectivity index (χ2n) is 9.38. The monoisotopic (exact) mass is 468 g/mol. The van der Waals surface area contributed by atoms with Crippen molar-refractivity contribution >= 4 is 29.2 Å². The molecule has 0 saturated heterocycles. The molecule has 2 aliphatic heterocycles. The molecule has 0 radical (unpaired) electrons. The van der Waals surface area contributed by atoms with E-state index in [1.807, 2.05) is 44.2 Å². The van der Waals surface area contributed by atoms with Gasteiger partial charge in [0.25, 0.3) is 17.7 Å². The summed E-state index contributed by atoms with van der Waals surface area (Å²) in [6, 6.07) is 19.0. The number of benzene rings is 3. The first-order valence-corrected chi connectivity index (χ1v) is 11.4. The molecule has 176 valence electrons. The molecule has 0 unspecified atom stereocenters. The fourth-order valence-electron chi connectivity index (χ4n) is 4.45. The highest BCUT2D eigenvalue weighted by atomic mass is 16.5. The molecule has 0 aromatic heterocycles. The van der Waals surface area contributed by atoms with Crippen LogP contribution in [0.25, 0.3) is 0 Å². The van der Waals surface area contributed by atoms with E-state index >= 15 is 0 Å². The number of nitrogens with zero attached hydrogens (tertiary/aromatic N) is 1. The minimum atomic E-state index is -0.571. The lowest BCUT2D eigenvalue weighted by atomic mass is 9.93. The van der Waals surface area contributed by atoms with Crippen molar-refractivity contribution < 1.29 is 23.9 Å². The summed E-state index contributed by atoms with van der Waals surface area (Å²) in [6.07, 6.45) is 0.802. The van der Waals surface area contributed by atoms with E-state index < -0.39 is 17.4 Å². The van der Waals surface area contributed by atoms with Gasteiger partial charge in [-0.1, -0.05) is 30.3 Å². The number of hydrogen-bond acceptors (Lipinski definition) is 5. The minimum absolute atomic E-state index is 0.0513. The predicted molar refractivity (Wildman–Crippen MR) is 130 cm³/mol. The number of Topliss-reactive ketones (excluding diaryl/α,β-unsaturated/α-hetero) is 1. The Hall–Kier alpha value is -4.26. The molecular weight excluding hydrogens is 444 g/mol. The van der Waals surface area contributed by atoms with Gasteiger partial charge in [-0.3, -0.25) is 24.1 Å². The van der Waals surface area contributed by atoms with E-state index in [4.69, 9.17) is 4.74 Å². The van der Waals surface area contributed by atoms with Crippen molar-refractivity contribution in [2.24, 2.45) is 0 Å². The third-order valence-electron chi connectivity index (χ3n) is 6.21. The maximum atomic E-state index is 12.9. The number of rotatable bonds is 5. The lowest BCUT2D eigenvalue weighted by Crippen LogP contribution is -2.35. The van der Waals surface area contributed by atoms with Gasteiger partial charge in [-0.2, -0.15) is 0 Å². The molecule has 0 fully saturated rings. The Balaban J connectivity index is 1.32. The van der Waals surface area contributed by atoms with Crippen LogP contribution < -0.4 is 10.1 Å². The van der Waals surface area contributed by atoms with Crippen LogP contribution in [0.5, 0.6) is 5.75 Å². The summed E-state index contributed by atoms with van der Waals surface area (Å²) < 4.78 is 5.86. The highest BCUT2D eigenvalue weighted by Gasteiger charge is 2.36. The molecule has 3 amide bonds. The number of hydrogen-bond donors (Lipinski definition) is 1. The van der Waals surface area contributed by atoms with Gasteiger partial charge >= 0.3 is 0 Å². The number of anilines is 1. The molecule has 35 heavy (non-hydrogen) atoms. The SMILES string of the molecule is CC1(C)CC(=O)c2cc(NC(=O)c3ccc4c(c3)C(=O)N(CCc3ccccc3)C4=O)ccc2O1. The number of amides is 3. The molecule has 0 bridgehead atoms. The Morgan fingerprint density at radius 1 is 0.914 bits per heavy atom. The van der Waals surface area contributed by atoms with Crippen LogP contribution in [0.3, 0.4) is 0 Å². The van der Waals surface area contributed by atoms with Crippen molar-refractivity contribution in [3.8, 4) is 5.75 Å². The number of imide groups is 1. The molecule has 7 nitrogen and oxygen atoms in total. The molecule has 0 saturated carbocycles. The first-order chi connectivity index (χ1) is 16.7. The zero-order chi connectivity index (χ0) is 24.7. The summed E-state index contributed by atoms with van der Waals surface area (Å²) in [6.45, 7) is 3.97. The van der Waals surface area contributed by atoms with Crippen molar-refractivity contribution in [1.29, 1.82) is 0 Å². The Bertz CT molecular complexity index is 1380. The Morgan fingerprint density at radius 2 is 1.66 bits per heavy atom. The van der Waals surface area contributed by atoms with Crippen LogP contribution in [0.2, 0.25) is 0 Å². The van der Waals surface area contributed by atoms with Gasteiger partial charge in [0.15, 0.2) is 5.78 Å². The molecule has 2 aliphatic rings. The van der Waals surface area contributed by atoms with Gasteiger partial charge in [-0.15, -0.1) is 0 Å². The van der Waals surface area contributed by atoms with Crippen molar-refractivity contribution in [2.75, 3.05) is 11.9 Å². The molecular formula is C28H24N2O5. The fraction of sp³-hybridized carbons (Fsp3) is 0.214. The summed E-state index contributed by atoms with van der Waals surface area (Å²) >= 11 is 0. The fourth-order valence-corrected chi connectivity index (χ4v) is 4.45. The van der Waals surface area contributed by atoms with Crippen LogP contribution in [0, 0.1) is 0 Å². The van der Waals surface area contributed by atoms with Gasteiger partial charge in [0.05, 0.1) is 23.1 Å². The van der Waals surface area contributed by atoms with E-state index in [9.17, 15) is 19.2 Å². The average molecular weight is 469 g/mol. The first kappa shape index (κ1) is 22.5. The first-order valence-electron chi connectivity index (χ1n) is 11.4. The summed E-state index contributed by atoms with van der Waals surface area (Å²) in [7, 11) is 0. The molecule has 2 heterocycles. The van der Waals surface area contributed by atoms with Crippen LogP contribution in [-0.2, 0) is 6.42 Å². The quantitative estimate of drug-likeness (QED) is 0.556. The minimum Gasteiger partial charge on any atom is -0.487 e. The number of carbonyl (C=O) groups excluding carboxylic acids is 4. The number of carbonyl (C=O) groups is 4. The molecule has 5 rings (SSSR count). The Kier molecular flexibility index (Phi) is 5.47. The van der Waals surface area contributed by atoms with E-state index in [-0.39, 0.29) is 35.8 Å². The van der Waals surface area contributed by atoms with E-state index in [2.05, 4.69) is 5.32 Å². The van der Waals surface area contributed by atoms with Crippen molar-refractivity contribution in [3.05, 3.63) is 94.5 Å². The zero-order valence-electron chi connectivity index (χ0n) is 19.5. The molecule has 7 heteroatoms. The van der Waals surface area contributed by atoms with Crippen LogP contribution in [0.1, 0.15) is 67.3 Å². The average Bonchev–Trinajstić information content (AvgIpc) is 3.07. The van der Waals surface area contributed by atoms with Crippen LogP contribution in [-0.4, -0.2) is 40.6 Å². The van der Waals surface area contributed by atoms with Gasteiger partial charge in [0.2, 0.25) is 0 Å². The predicted octanol–water partition coefficient (Wildman–Crippen LogP) is 4.52. The van der Waals surface area contributed by atoms with Gasteiger partial charge in [-0.25, -0.2) is 0 Å². The van der Waals surface area contributed by atoms with Gasteiger partial charge in [0, 0.05) is 17.8 Å². The van der Waals surface area contributed by atoms with Gasteiger partial charge in [-0.05, 0) is 62.2 Å². The van der Waals surface area contributed by atoms with Gasteiger partial charge in [0.1, 0.15) is 11.4 Å². The maximum Gasteiger partial charge on any atom is 0.261 e. The zero-order valence-corrected chi connectivity index (χ0v) is 19.5. The van der Waals surface area contributed by atoms with Crippen LogP contribution >= 0.6 is 0 Å². The summed E-state index contributed by atoms with van der Waals surface area (Å²) in [5.74, 6) is -0.773. The van der Waals surface area contributed by atoms with Crippen molar-refractivity contribution in [3.63, 3.8) is 0 Å². The molecule has 3 aromatic carbocycles. The maximum absolute atomic E-state index is 12.9. The van der Waals surface area contributed by atoms with E-state index in [0.29, 0.717) is 29.0 Å². The third-order valence-corrected chi connectivity index (χ3v) is 6.21. The number of ether oxygens (including phenoxy) is 1. The lowest BCUT2D eigenvalue weighted by molar-refractivity contribution is 0.0615. The van der Waals surface area contributed by atoms with Crippen molar-refractivity contribution in [1.82, 2.24) is 4.90 Å². The largest absolute Gasteiger partial charge is 0.487 e. The normalized spacial score (nSPS) is 15.9. The van der Waals surface area contributed by atoms with E-state index in [0.717, 1.165) is 5.56 Å². The second-order valence-corrected chi connectivity index (χ2v) is 9.38.